The van der Waals surface area contributed by atoms with Crippen molar-refractivity contribution in [2.24, 2.45) is 5.10 Å². The maximum absolute atomic E-state index is 13.3. The van der Waals surface area contributed by atoms with E-state index >= 15 is 0 Å². The number of hydrogen-bond donors (Lipinski definition) is 3. The zero-order valence-electron chi connectivity index (χ0n) is 18.6. The first-order valence-corrected chi connectivity index (χ1v) is 12.1. The summed E-state index contributed by atoms with van der Waals surface area (Å²) in [5.41, 5.74) is 4.27. The van der Waals surface area contributed by atoms with Crippen molar-refractivity contribution >= 4 is 52.3 Å². The van der Waals surface area contributed by atoms with Crippen LogP contribution >= 0.6 is 22.6 Å². The first kappa shape index (κ1) is 23.9. The summed E-state index contributed by atoms with van der Waals surface area (Å²) in [4.78, 5) is 15.6. The van der Waals surface area contributed by atoms with Gasteiger partial charge in [-0.05, 0) is 90.7 Å². The first-order valence-electron chi connectivity index (χ1n) is 11.0. The zero-order valence-corrected chi connectivity index (χ0v) is 20.8. The van der Waals surface area contributed by atoms with Gasteiger partial charge in [0, 0.05) is 18.8 Å². The Labute approximate surface area is 210 Å². The number of piperidine rings is 1. The summed E-state index contributed by atoms with van der Waals surface area (Å²) in [5, 5.41) is 17.5. The summed E-state index contributed by atoms with van der Waals surface area (Å²) < 4.78 is 19.4. The van der Waals surface area contributed by atoms with Crippen molar-refractivity contribution in [1.29, 1.82) is 0 Å². The van der Waals surface area contributed by atoms with E-state index in [1.165, 1.54) is 18.6 Å². The Morgan fingerprint density at radius 3 is 2.59 bits per heavy atom. The number of nitrogens with one attached hydrogen (secondary N) is 2. The zero-order chi connectivity index (χ0) is 23.9. The van der Waals surface area contributed by atoms with E-state index in [0.717, 1.165) is 31.5 Å². The summed E-state index contributed by atoms with van der Waals surface area (Å²) in [6.07, 6.45) is 4.94. The maximum atomic E-state index is 13.3. The predicted molar refractivity (Wildman–Crippen MR) is 139 cm³/mol. The number of rotatable bonds is 8. The summed E-state index contributed by atoms with van der Waals surface area (Å²) in [7, 11) is 0. The van der Waals surface area contributed by atoms with Gasteiger partial charge in [0.1, 0.15) is 5.82 Å². The minimum Gasteiger partial charge on any atom is -0.504 e. The second-order valence-electron chi connectivity index (χ2n) is 7.61. The lowest BCUT2D eigenvalue weighted by atomic mass is 10.1. The van der Waals surface area contributed by atoms with E-state index in [2.05, 4.69) is 35.7 Å². The smallest absolute Gasteiger partial charge is 0.250 e. The standard InChI is InChI=1S/C23H25FIN7O2/c1-2-34-19-13-15(12-18(25)20(19)33)14-26-31-22-28-21(27-17-8-6-16(24)7-9-17)29-23(30-22)32-10-4-3-5-11-32/h6-9,12-14,33H,2-5,10-11H2,1H3,(H2,27,28,29,30,31). The van der Waals surface area contributed by atoms with Crippen molar-refractivity contribution in [3.63, 3.8) is 0 Å². The summed E-state index contributed by atoms with van der Waals surface area (Å²) in [6.45, 7) is 4.03. The van der Waals surface area contributed by atoms with Gasteiger partial charge in [0.05, 0.1) is 16.4 Å². The summed E-state index contributed by atoms with van der Waals surface area (Å²) >= 11 is 2.04. The van der Waals surface area contributed by atoms with Gasteiger partial charge in [-0.15, -0.1) is 0 Å². The number of aromatic hydroxyl groups is 1. The monoisotopic (exact) mass is 577 g/mol. The molecule has 1 aromatic heterocycles. The molecule has 1 aliphatic heterocycles. The van der Waals surface area contributed by atoms with Crippen LogP contribution in [0.3, 0.4) is 0 Å². The Morgan fingerprint density at radius 1 is 1.12 bits per heavy atom. The minimum absolute atomic E-state index is 0.104. The lowest BCUT2D eigenvalue weighted by molar-refractivity contribution is 0.317. The fourth-order valence-corrected chi connectivity index (χ4v) is 4.09. The number of phenols is 1. The molecule has 3 N–H and O–H groups in total. The third-order valence-corrected chi connectivity index (χ3v) is 5.91. The second-order valence-corrected chi connectivity index (χ2v) is 8.78. The van der Waals surface area contributed by atoms with Gasteiger partial charge in [-0.1, -0.05) is 0 Å². The molecule has 2 aromatic carbocycles. The molecule has 178 valence electrons. The molecule has 1 saturated heterocycles. The molecular formula is C23H25FIN7O2. The van der Waals surface area contributed by atoms with Crippen LogP contribution in [0.5, 0.6) is 11.5 Å². The third kappa shape index (κ3) is 6.22. The molecule has 0 radical (unpaired) electrons. The number of nitrogens with zero attached hydrogens (tertiary/aromatic N) is 5. The van der Waals surface area contributed by atoms with Crippen molar-refractivity contribution in [3.8, 4) is 11.5 Å². The van der Waals surface area contributed by atoms with Crippen LogP contribution < -0.4 is 20.4 Å². The topological polar surface area (TPSA) is 108 Å². The summed E-state index contributed by atoms with van der Waals surface area (Å²) in [5.74, 6) is 1.34. The average Bonchev–Trinajstić information content (AvgIpc) is 2.84. The normalized spacial score (nSPS) is 13.8. The highest BCUT2D eigenvalue weighted by Gasteiger charge is 2.16. The Bertz CT molecular complexity index is 1150. The molecule has 0 unspecified atom stereocenters. The number of phenolic OH excluding ortho intramolecular Hbond substituents is 1. The molecule has 0 amide bonds. The fraction of sp³-hybridized carbons (Fsp3) is 0.304. The van der Waals surface area contributed by atoms with Crippen LogP contribution in [0.2, 0.25) is 0 Å². The van der Waals surface area contributed by atoms with Gasteiger partial charge in [0.25, 0.3) is 0 Å². The van der Waals surface area contributed by atoms with Gasteiger partial charge >= 0.3 is 0 Å². The molecule has 34 heavy (non-hydrogen) atoms. The molecule has 0 aliphatic carbocycles. The quantitative estimate of drug-likeness (QED) is 0.197. The van der Waals surface area contributed by atoms with Crippen molar-refractivity contribution in [3.05, 3.63) is 51.3 Å². The van der Waals surface area contributed by atoms with Crippen LogP contribution in [-0.4, -0.2) is 46.0 Å². The largest absolute Gasteiger partial charge is 0.504 e. The molecule has 0 bridgehead atoms. The second kappa shape index (κ2) is 11.3. The lowest BCUT2D eigenvalue weighted by Gasteiger charge is -2.26. The Balaban J connectivity index is 1.56. The number of aromatic nitrogens is 3. The minimum atomic E-state index is -0.316. The van der Waals surface area contributed by atoms with Crippen molar-refractivity contribution in [2.75, 3.05) is 35.3 Å². The predicted octanol–water partition coefficient (Wildman–Crippen LogP) is 4.90. The number of hydrazone groups is 1. The van der Waals surface area contributed by atoms with E-state index in [9.17, 15) is 9.50 Å². The highest BCUT2D eigenvalue weighted by Crippen LogP contribution is 2.32. The van der Waals surface area contributed by atoms with Gasteiger partial charge in [-0.3, -0.25) is 0 Å². The van der Waals surface area contributed by atoms with E-state index < -0.39 is 0 Å². The Morgan fingerprint density at radius 2 is 1.85 bits per heavy atom. The van der Waals surface area contributed by atoms with Crippen LogP contribution in [0.1, 0.15) is 31.7 Å². The first-order chi connectivity index (χ1) is 16.5. The number of anilines is 4. The third-order valence-electron chi connectivity index (χ3n) is 5.09. The van der Waals surface area contributed by atoms with Crippen LogP contribution in [0.15, 0.2) is 41.5 Å². The SMILES string of the molecule is CCOc1cc(C=NNc2nc(Nc3ccc(F)cc3)nc(N3CCCCC3)n2)cc(I)c1O. The highest BCUT2D eigenvalue weighted by atomic mass is 127. The molecule has 1 aliphatic rings. The van der Waals surface area contributed by atoms with E-state index in [4.69, 9.17) is 4.74 Å². The van der Waals surface area contributed by atoms with E-state index in [1.807, 2.05) is 29.5 Å². The molecule has 4 rings (SSSR count). The number of halogens is 2. The summed E-state index contributed by atoms with van der Waals surface area (Å²) in [6, 6.07) is 9.47. The molecule has 3 aromatic rings. The number of hydrogen-bond acceptors (Lipinski definition) is 9. The number of benzene rings is 2. The van der Waals surface area contributed by atoms with E-state index in [0.29, 0.717) is 33.5 Å². The molecule has 1 fully saturated rings. The van der Waals surface area contributed by atoms with Gasteiger partial charge in [-0.25, -0.2) is 9.82 Å². The van der Waals surface area contributed by atoms with Crippen molar-refractivity contribution in [2.45, 2.75) is 26.2 Å². The molecule has 0 spiro atoms. The molecule has 11 heteroatoms. The van der Waals surface area contributed by atoms with E-state index in [1.54, 1.807) is 30.5 Å². The van der Waals surface area contributed by atoms with Crippen LogP contribution in [-0.2, 0) is 0 Å². The molecule has 0 atom stereocenters. The Kier molecular flexibility index (Phi) is 7.93. The van der Waals surface area contributed by atoms with Gasteiger partial charge in [-0.2, -0.15) is 20.1 Å². The van der Waals surface area contributed by atoms with Crippen LogP contribution in [0.4, 0.5) is 27.9 Å². The molecular weight excluding hydrogens is 552 g/mol. The van der Waals surface area contributed by atoms with Crippen molar-refractivity contribution in [1.82, 2.24) is 15.0 Å². The lowest BCUT2D eigenvalue weighted by Crippen LogP contribution is -2.31. The molecule has 2 heterocycles. The van der Waals surface area contributed by atoms with Crippen LogP contribution in [0, 0.1) is 9.39 Å². The van der Waals surface area contributed by atoms with Gasteiger partial charge in [0.15, 0.2) is 11.5 Å². The average molecular weight is 577 g/mol. The van der Waals surface area contributed by atoms with E-state index in [-0.39, 0.29) is 17.5 Å². The molecule has 9 nitrogen and oxygen atoms in total. The van der Waals surface area contributed by atoms with Crippen LogP contribution in [0.25, 0.3) is 0 Å². The van der Waals surface area contributed by atoms with Gasteiger partial charge < -0.3 is 20.1 Å². The van der Waals surface area contributed by atoms with Gasteiger partial charge in [0.2, 0.25) is 17.8 Å². The molecule has 0 saturated carbocycles. The van der Waals surface area contributed by atoms with Crippen molar-refractivity contribution < 1.29 is 14.2 Å². The maximum Gasteiger partial charge on any atom is 0.250 e. The highest BCUT2D eigenvalue weighted by molar-refractivity contribution is 14.1. The number of ether oxygens (including phenoxy) is 1. The fourth-order valence-electron chi connectivity index (χ4n) is 3.47. The Hall–Kier alpha value is -3.22.